The maximum Gasteiger partial charge on any atom is 0.137 e. The van der Waals surface area contributed by atoms with E-state index in [0.717, 1.165) is 27.2 Å². The highest BCUT2D eigenvalue weighted by atomic mass is 79.9. The van der Waals surface area contributed by atoms with Gasteiger partial charge in [-0.15, -0.1) is 0 Å². The highest BCUT2D eigenvalue weighted by molar-refractivity contribution is 9.10. The Labute approximate surface area is 131 Å². The van der Waals surface area contributed by atoms with E-state index in [1.165, 1.54) is 0 Å². The van der Waals surface area contributed by atoms with Gasteiger partial charge < -0.3 is 9.72 Å². The molecule has 5 heteroatoms. The summed E-state index contributed by atoms with van der Waals surface area (Å²) in [6.45, 7) is 2.61. The van der Waals surface area contributed by atoms with Crippen LogP contribution in [0.4, 0.5) is 5.69 Å². The third-order valence-electron chi connectivity index (χ3n) is 3.38. The van der Waals surface area contributed by atoms with Gasteiger partial charge >= 0.3 is 0 Å². The first-order valence-electron chi connectivity index (χ1n) is 6.55. The number of imidazole rings is 1. The number of pyridine rings is 1. The molecule has 0 spiro atoms. The van der Waals surface area contributed by atoms with Crippen molar-refractivity contribution in [1.29, 1.82) is 5.26 Å². The molecule has 2 aromatic heterocycles. The van der Waals surface area contributed by atoms with E-state index in [-0.39, 0.29) is 0 Å². The van der Waals surface area contributed by atoms with Crippen LogP contribution >= 0.6 is 15.9 Å². The van der Waals surface area contributed by atoms with Crippen LogP contribution in [0, 0.1) is 18.3 Å². The van der Waals surface area contributed by atoms with Gasteiger partial charge in [-0.05, 0) is 37.3 Å². The largest absolute Gasteiger partial charge is 0.378 e. The monoisotopic (exact) mass is 340 g/mol. The SMILES string of the molecule is Cc1nc2ccccn2c1CNc1cc(Br)ccc1C#N. The maximum atomic E-state index is 9.17. The van der Waals surface area contributed by atoms with Crippen molar-refractivity contribution >= 4 is 27.3 Å². The van der Waals surface area contributed by atoms with Gasteiger partial charge in [-0.25, -0.2) is 4.98 Å². The van der Waals surface area contributed by atoms with Crippen LogP contribution in [-0.2, 0) is 6.54 Å². The standard InChI is InChI=1S/C16H13BrN4/c1-11-15(21-7-3-2-4-16(21)20-11)10-19-14-8-13(17)6-5-12(14)9-18/h2-8,19H,10H2,1H3. The lowest BCUT2D eigenvalue weighted by molar-refractivity contribution is 0.986. The van der Waals surface area contributed by atoms with E-state index in [1.54, 1.807) is 6.07 Å². The summed E-state index contributed by atoms with van der Waals surface area (Å²) in [5, 5.41) is 12.5. The minimum atomic E-state index is 0.613. The van der Waals surface area contributed by atoms with Crippen LogP contribution in [0.3, 0.4) is 0 Å². The highest BCUT2D eigenvalue weighted by Crippen LogP contribution is 2.22. The van der Waals surface area contributed by atoms with Crippen molar-refractivity contribution in [1.82, 2.24) is 9.38 Å². The number of halogens is 1. The van der Waals surface area contributed by atoms with Gasteiger partial charge in [-0.1, -0.05) is 22.0 Å². The molecule has 0 atom stereocenters. The van der Waals surface area contributed by atoms with Crippen LogP contribution in [0.2, 0.25) is 0 Å². The Morgan fingerprint density at radius 2 is 2.19 bits per heavy atom. The van der Waals surface area contributed by atoms with Crippen LogP contribution in [0.25, 0.3) is 5.65 Å². The summed E-state index contributed by atoms with van der Waals surface area (Å²) in [4.78, 5) is 4.53. The Morgan fingerprint density at radius 3 is 3.00 bits per heavy atom. The molecule has 0 bridgehead atoms. The molecule has 0 aliphatic carbocycles. The average molecular weight is 341 g/mol. The van der Waals surface area contributed by atoms with Gasteiger partial charge in [0.2, 0.25) is 0 Å². The first-order chi connectivity index (χ1) is 10.2. The third kappa shape index (κ3) is 2.63. The van der Waals surface area contributed by atoms with Crippen molar-refractivity contribution in [3.8, 4) is 6.07 Å². The maximum absolute atomic E-state index is 9.17. The van der Waals surface area contributed by atoms with E-state index in [4.69, 9.17) is 0 Å². The lowest BCUT2D eigenvalue weighted by Gasteiger charge is -2.09. The van der Waals surface area contributed by atoms with Gasteiger partial charge in [0.05, 0.1) is 29.2 Å². The van der Waals surface area contributed by atoms with E-state index >= 15 is 0 Å². The molecule has 0 aliphatic heterocycles. The van der Waals surface area contributed by atoms with Crippen molar-refractivity contribution in [2.75, 3.05) is 5.32 Å². The predicted octanol–water partition coefficient (Wildman–Crippen LogP) is 3.89. The number of hydrogen-bond acceptors (Lipinski definition) is 3. The number of fused-ring (bicyclic) bond motifs is 1. The second kappa shape index (κ2) is 5.58. The zero-order chi connectivity index (χ0) is 14.8. The van der Waals surface area contributed by atoms with Crippen LogP contribution in [0.15, 0.2) is 47.1 Å². The molecule has 3 rings (SSSR count). The molecule has 0 saturated carbocycles. The van der Waals surface area contributed by atoms with Crippen LogP contribution in [-0.4, -0.2) is 9.38 Å². The number of anilines is 1. The normalized spacial score (nSPS) is 10.5. The minimum absolute atomic E-state index is 0.613. The molecule has 1 N–H and O–H groups in total. The number of aromatic nitrogens is 2. The van der Waals surface area contributed by atoms with Crippen LogP contribution in [0.5, 0.6) is 0 Å². The fourth-order valence-corrected chi connectivity index (χ4v) is 2.68. The van der Waals surface area contributed by atoms with E-state index in [1.807, 2.05) is 43.5 Å². The minimum Gasteiger partial charge on any atom is -0.378 e. The van der Waals surface area contributed by atoms with Crippen LogP contribution < -0.4 is 5.32 Å². The summed E-state index contributed by atoms with van der Waals surface area (Å²) in [5.41, 5.74) is 4.46. The van der Waals surface area contributed by atoms with Gasteiger partial charge in [-0.3, -0.25) is 0 Å². The molecular formula is C16H13BrN4. The predicted molar refractivity (Wildman–Crippen MR) is 86.1 cm³/mol. The van der Waals surface area contributed by atoms with Crippen molar-refractivity contribution in [2.45, 2.75) is 13.5 Å². The van der Waals surface area contributed by atoms with Gasteiger partial charge in [0.15, 0.2) is 0 Å². The first kappa shape index (κ1) is 13.7. The van der Waals surface area contributed by atoms with Gasteiger partial charge in [-0.2, -0.15) is 5.26 Å². The Balaban J connectivity index is 1.92. The lowest BCUT2D eigenvalue weighted by atomic mass is 10.2. The summed E-state index contributed by atoms with van der Waals surface area (Å²) >= 11 is 3.43. The lowest BCUT2D eigenvalue weighted by Crippen LogP contribution is -2.05. The topological polar surface area (TPSA) is 53.1 Å². The Bertz CT molecular complexity index is 845. The molecule has 21 heavy (non-hydrogen) atoms. The molecule has 3 aromatic rings. The number of nitrogens with one attached hydrogen (secondary N) is 1. The summed E-state index contributed by atoms with van der Waals surface area (Å²) < 4.78 is 3.01. The number of benzene rings is 1. The van der Waals surface area contributed by atoms with Crippen molar-refractivity contribution in [3.63, 3.8) is 0 Å². The smallest absolute Gasteiger partial charge is 0.137 e. The summed E-state index contributed by atoms with van der Waals surface area (Å²) in [7, 11) is 0. The average Bonchev–Trinajstić information content (AvgIpc) is 2.81. The fourth-order valence-electron chi connectivity index (χ4n) is 2.32. The molecular weight excluding hydrogens is 328 g/mol. The molecule has 2 heterocycles. The van der Waals surface area contributed by atoms with Crippen molar-refractivity contribution in [3.05, 3.63) is 64.0 Å². The molecule has 0 saturated heterocycles. The molecule has 0 radical (unpaired) electrons. The van der Waals surface area contributed by atoms with E-state index < -0.39 is 0 Å². The molecule has 1 aromatic carbocycles. The Hall–Kier alpha value is -2.32. The summed E-state index contributed by atoms with van der Waals surface area (Å²) in [6, 6.07) is 13.7. The number of hydrogen-bond donors (Lipinski definition) is 1. The zero-order valence-electron chi connectivity index (χ0n) is 11.5. The molecule has 0 aliphatic rings. The highest BCUT2D eigenvalue weighted by Gasteiger charge is 2.09. The Morgan fingerprint density at radius 1 is 1.33 bits per heavy atom. The molecule has 0 unspecified atom stereocenters. The van der Waals surface area contributed by atoms with E-state index in [9.17, 15) is 5.26 Å². The summed E-state index contributed by atoms with van der Waals surface area (Å²) in [5.74, 6) is 0. The van der Waals surface area contributed by atoms with Gasteiger partial charge in [0.1, 0.15) is 11.7 Å². The molecule has 0 amide bonds. The Kier molecular flexibility index (Phi) is 3.63. The third-order valence-corrected chi connectivity index (χ3v) is 3.87. The van der Waals surface area contributed by atoms with Crippen molar-refractivity contribution in [2.24, 2.45) is 0 Å². The number of nitrogens with zero attached hydrogens (tertiary/aromatic N) is 3. The molecule has 4 nitrogen and oxygen atoms in total. The second-order valence-electron chi connectivity index (χ2n) is 4.73. The van der Waals surface area contributed by atoms with E-state index in [0.29, 0.717) is 12.1 Å². The molecule has 0 fully saturated rings. The number of aryl methyl sites for hydroxylation is 1. The zero-order valence-corrected chi connectivity index (χ0v) is 13.1. The number of rotatable bonds is 3. The first-order valence-corrected chi connectivity index (χ1v) is 7.34. The van der Waals surface area contributed by atoms with Crippen molar-refractivity contribution < 1.29 is 0 Å². The number of nitriles is 1. The van der Waals surface area contributed by atoms with Gasteiger partial charge in [0, 0.05) is 10.7 Å². The quantitative estimate of drug-likeness (QED) is 0.786. The fraction of sp³-hybridized carbons (Fsp3) is 0.125. The van der Waals surface area contributed by atoms with Gasteiger partial charge in [0.25, 0.3) is 0 Å². The van der Waals surface area contributed by atoms with Crippen LogP contribution in [0.1, 0.15) is 17.0 Å². The van der Waals surface area contributed by atoms with E-state index in [2.05, 4.69) is 36.7 Å². The summed E-state index contributed by atoms with van der Waals surface area (Å²) in [6.07, 6.45) is 2.00. The molecule has 104 valence electrons. The second-order valence-corrected chi connectivity index (χ2v) is 5.64.